The average molecular weight is 490 g/mol. The highest BCUT2D eigenvalue weighted by atomic mass is 16.6. The second kappa shape index (κ2) is 12.8. The minimum Gasteiger partial charge on any atom is -0.508 e. The zero-order valence-corrected chi connectivity index (χ0v) is 22.1. The third-order valence-corrected chi connectivity index (χ3v) is 5.73. The molecule has 0 radical (unpaired) electrons. The fourth-order valence-electron chi connectivity index (χ4n) is 4.01. The fourth-order valence-corrected chi connectivity index (χ4v) is 4.01. The van der Waals surface area contributed by atoms with Gasteiger partial charge in [0.15, 0.2) is 0 Å². The van der Waals surface area contributed by atoms with Gasteiger partial charge in [-0.15, -0.1) is 0 Å². The molecule has 3 N–H and O–H groups in total. The van der Waals surface area contributed by atoms with Crippen molar-refractivity contribution in [2.24, 2.45) is 5.92 Å². The number of para-hydroxylation sites is 1. The maximum atomic E-state index is 14.0. The van der Waals surface area contributed by atoms with Crippen LogP contribution >= 0.6 is 0 Å². The van der Waals surface area contributed by atoms with E-state index in [0.717, 1.165) is 32.1 Å². The quantitative estimate of drug-likeness (QED) is 0.370. The number of benzene rings is 1. The van der Waals surface area contributed by atoms with Crippen LogP contribution in [-0.4, -0.2) is 52.1 Å². The molecule has 0 heterocycles. The lowest BCUT2D eigenvalue weighted by Gasteiger charge is -2.35. The number of alkyl carbamates (subject to hydrolysis) is 1. The van der Waals surface area contributed by atoms with E-state index < -0.39 is 23.8 Å². The van der Waals surface area contributed by atoms with Crippen molar-refractivity contribution in [2.45, 2.75) is 104 Å². The van der Waals surface area contributed by atoms with E-state index in [1.807, 2.05) is 13.8 Å². The molecule has 1 aliphatic carbocycles. The summed E-state index contributed by atoms with van der Waals surface area (Å²) in [7, 11) is 0. The maximum Gasteiger partial charge on any atom is 0.408 e. The van der Waals surface area contributed by atoms with Crippen LogP contribution < -0.4 is 10.6 Å². The Balaban J connectivity index is 2.39. The first-order valence-corrected chi connectivity index (χ1v) is 12.8. The predicted molar refractivity (Wildman–Crippen MR) is 136 cm³/mol. The Morgan fingerprint density at radius 3 is 2.34 bits per heavy atom. The molecule has 1 aromatic carbocycles. The van der Waals surface area contributed by atoms with Crippen molar-refractivity contribution >= 4 is 17.9 Å². The number of hydrogen-bond donors (Lipinski definition) is 3. The zero-order valence-electron chi connectivity index (χ0n) is 22.1. The van der Waals surface area contributed by atoms with E-state index >= 15 is 0 Å². The molecule has 0 bridgehead atoms. The maximum absolute atomic E-state index is 14.0. The molecule has 1 aromatic rings. The molecule has 1 fully saturated rings. The number of nitrogens with one attached hydrogen (secondary N) is 2. The van der Waals surface area contributed by atoms with Crippen molar-refractivity contribution in [1.29, 1.82) is 0 Å². The molecule has 0 saturated heterocycles. The highest BCUT2D eigenvalue weighted by Crippen LogP contribution is 2.38. The topological polar surface area (TPSA) is 108 Å². The summed E-state index contributed by atoms with van der Waals surface area (Å²) in [5.41, 5.74) is -0.330. The molecule has 0 spiro atoms. The summed E-state index contributed by atoms with van der Waals surface area (Å²) in [6.07, 6.45) is 4.10. The second-order valence-electron chi connectivity index (χ2n) is 10.8. The zero-order chi connectivity index (χ0) is 26.2. The Kier molecular flexibility index (Phi) is 10.4. The van der Waals surface area contributed by atoms with Crippen molar-refractivity contribution in [3.05, 3.63) is 29.8 Å². The highest BCUT2D eigenvalue weighted by Gasteiger charge is 2.44. The van der Waals surface area contributed by atoms with E-state index in [9.17, 15) is 19.5 Å². The molecule has 3 amide bonds. The Labute approximate surface area is 209 Å². The van der Waals surface area contributed by atoms with Crippen LogP contribution in [0, 0.1) is 5.92 Å². The van der Waals surface area contributed by atoms with Gasteiger partial charge in [-0.05, 0) is 58.4 Å². The van der Waals surface area contributed by atoms with E-state index in [4.69, 9.17) is 4.74 Å². The van der Waals surface area contributed by atoms with Crippen molar-refractivity contribution in [1.82, 2.24) is 15.5 Å². The van der Waals surface area contributed by atoms with Gasteiger partial charge in [0, 0.05) is 18.2 Å². The Morgan fingerprint density at radius 2 is 1.80 bits per heavy atom. The highest BCUT2D eigenvalue weighted by molar-refractivity contribution is 5.93. The first-order chi connectivity index (χ1) is 16.4. The minimum absolute atomic E-state index is 0.0415. The molecule has 8 heteroatoms. The Hall–Kier alpha value is -2.77. The standard InChI is InChI=1S/C27H43N3O5/c1-7-8-11-16-28-24(32)23(20-12-9-10-13-22(20)31)30(19-14-15-19)25(33)21(17-18(2)3)29-26(34)35-27(4,5)6/h9-10,12-13,18-19,21,23,31H,7-8,11,14-17H2,1-6H3,(H,28,32)(H,29,34). The van der Waals surface area contributed by atoms with Gasteiger partial charge < -0.3 is 25.4 Å². The monoisotopic (exact) mass is 489 g/mol. The summed E-state index contributed by atoms with van der Waals surface area (Å²) in [5.74, 6) is -0.598. The van der Waals surface area contributed by atoms with Crippen LogP contribution in [0.5, 0.6) is 5.75 Å². The van der Waals surface area contributed by atoms with Gasteiger partial charge in [0.1, 0.15) is 23.4 Å². The predicted octanol–water partition coefficient (Wildman–Crippen LogP) is 4.67. The number of carbonyl (C=O) groups excluding carboxylic acids is 3. The van der Waals surface area contributed by atoms with E-state index in [-0.39, 0.29) is 29.5 Å². The summed E-state index contributed by atoms with van der Waals surface area (Å²) in [6.45, 7) is 11.8. The molecule has 196 valence electrons. The van der Waals surface area contributed by atoms with Gasteiger partial charge in [0.25, 0.3) is 0 Å². The second-order valence-corrected chi connectivity index (χ2v) is 10.8. The molecule has 0 aromatic heterocycles. The molecule has 2 atom stereocenters. The van der Waals surface area contributed by atoms with E-state index in [1.54, 1.807) is 43.9 Å². The number of unbranched alkanes of at least 4 members (excludes halogenated alkanes) is 2. The molecule has 35 heavy (non-hydrogen) atoms. The van der Waals surface area contributed by atoms with Crippen LogP contribution in [0.2, 0.25) is 0 Å². The molecular weight excluding hydrogens is 446 g/mol. The largest absolute Gasteiger partial charge is 0.508 e. The number of amides is 3. The van der Waals surface area contributed by atoms with E-state index in [1.165, 1.54) is 6.07 Å². The third-order valence-electron chi connectivity index (χ3n) is 5.73. The number of aromatic hydroxyl groups is 1. The number of phenolic OH excluding ortho intramolecular Hbond substituents is 1. The molecular formula is C27H43N3O5. The molecule has 0 aliphatic heterocycles. The van der Waals surface area contributed by atoms with Crippen LogP contribution in [0.15, 0.2) is 24.3 Å². The van der Waals surface area contributed by atoms with E-state index in [0.29, 0.717) is 18.5 Å². The number of hydrogen-bond acceptors (Lipinski definition) is 5. The van der Waals surface area contributed by atoms with Crippen LogP contribution in [0.25, 0.3) is 0 Å². The Bertz CT molecular complexity index is 861. The van der Waals surface area contributed by atoms with Gasteiger partial charge in [-0.2, -0.15) is 0 Å². The first-order valence-electron chi connectivity index (χ1n) is 12.8. The van der Waals surface area contributed by atoms with Gasteiger partial charge in [0.05, 0.1) is 0 Å². The smallest absolute Gasteiger partial charge is 0.408 e. The fraction of sp³-hybridized carbons (Fsp3) is 0.667. The van der Waals surface area contributed by atoms with Crippen molar-refractivity contribution in [3.63, 3.8) is 0 Å². The molecule has 2 rings (SSSR count). The van der Waals surface area contributed by atoms with Crippen LogP contribution in [-0.2, 0) is 14.3 Å². The van der Waals surface area contributed by atoms with Crippen LogP contribution in [0.3, 0.4) is 0 Å². The van der Waals surface area contributed by atoms with Gasteiger partial charge in [-0.25, -0.2) is 4.79 Å². The number of phenols is 1. The molecule has 2 unspecified atom stereocenters. The lowest BCUT2D eigenvalue weighted by atomic mass is 9.98. The van der Waals surface area contributed by atoms with Gasteiger partial charge in [0.2, 0.25) is 11.8 Å². The van der Waals surface area contributed by atoms with Crippen molar-refractivity contribution < 1.29 is 24.2 Å². The summed E-state index contributed by atoms with van der Waals surface area (Å²) in [4.78, 5) is 41.6. The normalized spacial score (nSPS) is 15.3. The first kappa shape index (κ1) is 28.5. The number of nitrogens with zero attached hydrogens (tertiary/aromatic N) is 1. The minimum atomic E-state index is -0.993. The lowest BCUT2D eigenvalue weighted by molar-refractivity contribution is -0.143. The number of carbonyl (C=O) groups is 3. The summed E-state index contributed by atoms with van der Waals surface area (Å²) >= 11 is 0. The summed E-state index contributed by atoms with van der Waals surface area (Å²) in [5, 5.41) is 16.3. The number of ether oxygens (including phenoxy) is 1. The molecule has 1 saturated carbocycles. The molecule has 8 nitrogen and oxygen atoms in total. The molecule has 1 aliphatic rings. The van der Waals surface area contributed by atoms with E-state index in [2.05, 4.69) is 17.6 Å². The van der Waals surface area contributed by atoms with Crippen molar-refractivity contribution in [3.8, 4) is 5.75 Å². The Morgan fingerprint density at radius 1 is 1.14 bits per heavy atom. The summed E-state index contributed by atoms with van der Waals surface area (Å²) < 4.78 is 5.40. The van der Waals surface area contributed by atoms with Gasteiger partial charge in [-0.1, -0.05) is 51.8 Å². The lowest BCUT2D eigenvalue weighted by Crippen LogP contribution is -2.54. The third kappa shape index (κ3) is 9.07. The van der Waals surface area contributed by atoms with Crippen LogP contribution in [0.1, 0.15) is 91.7 Å². The van der Waals surface area contributed by atoms with Gasteiger partial charge in [-0.3, -0.25) is 9.59 Å². The summed E-state index contributed by atoms with van der Waals surface area (Å²) in [6, 6.07) is 4.64. The van der Waals surface area contributed by atoms with Crippen molar-refractivity contribution in [2.75, 3.05) is 6.54 Å². The SMILES string of the molecule is CCCCCNC(=O)C(c1ccccc1O)N(C(=O)C(CC(C)C)NC(=O)OC(C)(C)C)C1CC1. The average Bonchev–Trinajstić information content (AvgIpc) is 3.58. The van der Waals surface area contributed by atoms with Gasteiger partial charge >= 0.3 is 6.09 Å². The number of rotatable bonds is 12. The van der Waals surface area contributed by atoms with Crippen LogP contribution in [0.4, 0.5) is 4.79 Å².